The van der Waals surface area contributed by atoms with Crippen LogP contribution in [0.15, 0.2) is 36.4 Å². The summed E-state index contributed by atoms with van der Waals surface area (Å²) in [6.45, 7) is 11.6. The minimum absolute atomic E-state index is 0.123. The lowest BCUT2D eigenvalue weighted by Gasteiger charge is -2.19. The second-order valence-corrected chi connectivity index (χ2v) is 6.86. The number of nitrogens with two attached hydrogens (primary N) is 1. The molecule has 0 fully saturated rings. The normalized spacial score (nSPS) is 12.3. The van der Waals surface area contributed by atoms with Gasteiger partial charge in [0.2, 0.25) is 0 Å². The molecule has 2 aromatic carbocycles. The van der Waals surface area contributed by atoms with Crippen molar-refractivity contribution < 1.29 is 9.47 Å². The molecular formula is C22H31NO2. The van der Waals surface area contributed by atoms with Crippen molar-refractivity contribution in [1.29, 1.82) is 0 Å². The molecule has 0 radical (unpaired) electrons. The Labute approximate surface area is 152 Å². The van der Waals surface area contributed by atoms with Crippen LogP contribution in [0.5, 0.6) is 11.5 Å². The van der Waals surface area contributed by atoms with E-state index >= 15 is 0 Å². The van der Waals surface area contributed by atoms with E-state index in [0.29, 0.717) is 19.1 Å². The van der Waals surface area contributed by atoms with Crippen LogP contribution in [0.25, 0.3) is 0 Å². The SMILES string of the molecule is CCOc1cc(CC(CN)c2ccc(C)c(C)c2)ccc1OC(C)C. The number of benzene rings is 2. The van der Waals surface area contributed by atoms with Gasteiger partial charge in [0.05, 0.1) is 12.7 Å². The van der Waals surface area contributed by atoms with Gasteiger partial charge in [-0.1, -0.05) is 24.3 Å². The smallest absolute Gasteiger partial charge is 0.161 e. The van der Waals surface area contributed by atoms with E-state index in [1.165, 1.54) is 22.3 Å². The summed E-state index contributed by atoms with van der Waals surface area (Å²) in [5, 5.41) is 0. The maximum atomic E-state index is 6.08. The number of hydrogen-bond donors (Lipinski definition) is 1. The van der Waals surface area contributed by atoms with Crippen molar-refractivity contribution in [1.82, 2.24) is 0 Å². The van der Waals surface area contributed by atoms with E-state index in [1.54, 1.807) is 0 Å². The third-order valence-corrected chi connectivity index (χ3v) is 4.44. The first-order valence-corrected chi connectivity index (χ1v) is 9.14. The molecule has 0 spiro atoms. The molecule has 3 heteroatoms. The summed E-state index contributed by atoms with van der Waals surface area (Å²) in [6.07, 6.45) is 1.01. The molecule has 1 atom stereocenters. The van der Waals surface area contributed by atoms with Gasteiger partial charge in [0, 0.05) is 5.92 Å². The Morgan fingerprint density at radius 3 is 2.32 bits per heavy atom. The Kier molecular flexibility index (Phi) is 6.89. The molecule has 2 aromatic rings. The predicted molar refractivity (Wildman–Crippen MR) is 105 cm³/mol. The molecule has 136 valence electrons. The maximum absolute atomic E-state index is 6.08. The van der Waals surface area contributed by atoms with Crippen molar-refractivity contribution in [3.8, 4) is 11.5 Å². The first-order chi connectivity index (χ1) is 11.9. The van der Waals surface area contributed by atoms with Gasteiger partial charge >= 0.3 is 0 Å². The highest BCUT2D eigenvalue weighted by atomic mass is 16.5. The van der Waals surface area contributed by atoms with E-state index in [9.17, 15) is 0 Å². The van der Waals surface area contributed by atoms with Crippen LogP contribution in [0.3, 0.4) is 0 Å². The zero-order chi connectivity index (χ0) is 18.4. The topological polar surface area (TPSA) is 44.5 Å². The summed E-state index contributed by atoms with van der Waals surface area (Å²) in [5.74, 6) is 1.91. The lowest BCUT2D eigenvalue weighted by atomic mass is 9.90. The molecule has 0 heterocycles. The van der Waals surface area contributed by atoms with E-state index < -0.39 is 0 Å². The third kappa shape index (κ3) is 5.23. The first kappa shape index (κ1) is 19.3. The first-order valence-electron chi connectivity index (χ1n) is 9.14. The number of hydrogen-bond acceptors (Lipinski definition) is 3. The molecule has 0 saturated heterocycles. The molecule has 0 aliphatic carbocycles. The summed E-state index contributed by atoms with van der Waals surface area (Å²) >= 11 is 0. The van der Waals surface area contributed by atoms with Gasteiger partial charge in [-0.25, -0.2) is 0 Å². The van der Waals surface area contributed by atoms with E-state index in [2.05, 4.69) is 44.2 Å². The van der Waals surface area contributed by atoms with Gasteiger partial charge in [0.25, 0.3) is 0 Å². The van der Waals surface area contributed by atoms with E-state index in [-0.39, 0.29) is 6.10 Å². The number of rotatable bonds is 8. The summed E-state index contributed by atoms with van der Waals surface area (Å²) in [5.41, 5.74) is 11.2. The molecule has 2 rings (SSSR count). The van der Waals surface area contributed by atoms with Crippen molar-refractivity contribution in [3.63, 3.8) is 0 Å². The highest BCUT2D eigenvalue weighted by Crippen LogP contribution is 2.31. The van der Waals surface area contributed by atoms with Crippen molar-refractivity contribution in [2.45, 2.75) is 53.1 Å². The van der Waals surface area contributed by atoms with E-state index in [0.717, 1.165) is 17.9 Å². The number of aryl methyl sites for hydroxylation is 2. The minimum Gasteiger partial charge on any atom is -0.490 e. The standard InChI is InChI=1S/C22H31NO2/c1-6-24-22-13-18(8-10-21(22)25-15(2)3)12-20(14-23)19-9-7-16(4)17(5)11-19/h7-11,13,15,20H,6,12,14,23H2,1-5H3. The number of ether oxygens (including phenoxy) is 2. The highest BCUT2D eigenvalue weighted by molar-refractivity contribution is 5.44. The monoisotopic (exact) mass is 341 g/mol. The molecule has 0 aliphatic rings. The fourth-order valence-corrected chi connectivity index (χ4v) is 2.94. The van der Waals surface area contributed by atoms with Crippen LogP contribution in [0.1, 0.15) is 48.9 Å². The Morgan fingerprint density at radius 2 is 1.72 bits per heavy atom. The zero-order valence-electron chi connectivity index (χ0n) is 16.1. The van der Waals surface area contributed by atoms with Gasteiger partial charge in [-0.05, 0) is 82.0 Å². The fraction of sp³-hybridized carbons (Fsp3) is 0.455. The summed E-state index contributed by atoms with van der Waals surface area (Å²) < 4.78 is 11.6. The molecule has 3 nitrogen and oxygen atoms in total. The Bertz CT molecular complexity index is 694. The van der Waals surface area contributed by atoms with E-state index in [1.807, 2.05) is 26.8 Å². The molecular weight excluding hydrogens is 310 g/mol. The largest absolute Gasteiger partial charge is 0.490 e. The molecule has 1 unspecified atom stereocenters. The molecule has 0 aromatic heterocycles. The van der Waals surface area contributed by atoms with Crippen LogP contribution in [0.2, 0.25) is 0 Å². The van der Waals surface area contributed by atoms with Crippen LogP contribution < -0.4 is 15.2 Å². The van der Waals surface area contributed by atoms with Crippen molar-refractivity contribution in [3.05, 3.63) is 58.7 Å². The minimum atomic E-state index is 0.123. The van der Waals surface area contributed by atoms with Gasteiger partial charge in [0.1, 0.15) is 0 Å². The summed E-state index contributed by atoms with van der Waals surface area (Å²) in [6, 6.07) is 12.8. The van der Waals surface area contributed by atoms with Crippen LogP contribution >= 0.6 is 0 Å². The van der Waals surface area contributed by atoms with Gasteiger partial charge in [0.15, 0.2) is 11.5 Å². The lowest BCUT2D eigenvalue weighted by molar-refractivity contribution is 0.223. The molecule has 25 heavy (non-hydrogen) atoms. The Morgan fingerprint density at radius 1 is 0.960 bits per heavy atom. The zero-order valence-corrected chi connectivity index (χ0v) is 16.1. The summed E-state index contributed by atoms with van der Waals surface area (Å²) in [4.78, 5) is 0. The quantitative estimate of drug-likeness (QED) is 0.752. The molecule has 0 saturated carbocycles. The average Bonchev–Trinajstić information content (AvgIpc) is 2.57. The van der Waals surface area contributed by atoms with Gasteiger partial charge < -0.3 is 15.2 Å². The molecule has 2 N–H and O–H groups in total. The lowest BCUT2D eigenvalue weighted by Crippen LogP contribution is -2.15. The van der Waals surface area contributed by atoms with Crippen LogP contribution in [0, 0.1) is 13.8 Å². The molecule has 0 amide bonds. The van der Waals surface area contributed by atoms with Crippen LogP contribution in [0.4, 0.5) is 0 Å². The van der Waals surface area contributed by atoms with Crippen molar-refractivity contribution in [2.75, 3.05) is 13.2 Å². The predicted octanol–water partition coefficient (Wildman–Crippen LogP) is 4.77. The van der Waals surface area contributed by atoms with Crippen molar-refractivity contribution in [2.24, 2.45) is 5.73 Å². The Hall–Kier alpha value is -2.00. The summed E-state index contributed by atoms with van der Waals surface area (Å²) in [7, 11) is 0. The average molecular weight is 341 g/mol. The Balaban J connectivity index is 2.24. The second-order valence-electron chi connectivity index (χ2n) is 6.86. The van der Waals surface area contributed by atoms with Gasteiger partial charge in [-0.2, -0.15) is 0 Å². The van der Waals surface area contributed by atoms with Gasteiger partial charge in [-0.15, -0.1) is 0 Å². The van der Waals surface area contributed by atoms with E-state index in [4.69, 9.17) is 15.2 Å². The maximum Gasteiger partial charge on any atom is 0.161 e. The van der Waals surface area contributed by atoms with Gasteiger partial charge in [-0.3, -0.25) is 0 Å². The van der Waals surface area contributed by atoms with Crippen molar-refractivity contribution >= 4 is 0 Å². The second kappa shape index (κ2) is 8.91. The van der Waals surface area contributed by atoms with Crippen LogP contribution in [-0.2, 0) is 6.42 Å². The third-order valence-electron chi connectivity index (χ3n) is 4.44. The molecule has 0 aliphatic heterocycles. The molecule has 0 bridgehead atoms. The van der Waals surface area contributed by atoms with Crippen LogP contribution in [-0.4, -0.2) is 19.3 Å². The highest BCUT2D eigenvalue weighted by Gasteiger charge is 2.14. The fourth-order valence-electron chi connectivity index (χ4n) is 2.94.